The molecule has 1 aromatic carbocycles. The summed E-state index contributed by atoms with van der Waals surface area (Å²) in [5, 5.41) is 2.96. The molecule has 2 aromatic rings. The first-order chi connectivity index (χ1) is 13.0. The van der Waals surface area contributed by atoms with E-state index in [1.54, 1.807) is 40.5 Å². The highest BCUT2D eigenvalue weighted by Gasteiger charge is 2.22. The molecule has 0 spiro atoms. The van der Waals surface area contributed by atoms with Gasteiger partial charge in [0.05, 0.1) is 16.3 Å². The van der Waals surface area contributed by atoms with Crippen molar-refractivity contribution >= 4 is 23.2 Å². The Labute approximate surface area is 163 Å². The van der Waals surface area contributed by atoms with Gasteiger partial charge in [0.1, 0.15) is 12.4 Å². The van der Waals surface area contributed by atoms with E-state index in [4.69, 9.17) is 9.47 Å². The molecule has 3 rings (SSSR count). The fraction of sp³-hybridized carbons (Fsp3) is 0.450. The number of carbonyl (C=O) groups excluding carboxylic acids is 2. The number of likely N-dealkylation sites (tertiary alicyclic amines) is 1. The van der Waals surface area contributed by atoms with Crippen LogP contribution in [-0.4, -0.2) is 41.5 Å². The number of nitrogens with zero attached hydrogens (tertiary/aromatic N) is 2. The summed E-state index contributed by atoms with van der Waals surface area (Å²) in [5.74, 6) is 0.512. The highest BCUT2D eigenvalue weighted by Crippen LogP contribution is 2.17. The van der Waals surface area contributed by atoms with Gasteiger partial charge in [-0.3, -0.25) is 4.79 Å². The second-order valence-electron chi connectivity index (χ2n) is 6.83. The Balaban J connectivity index is 1.46. The van der Waals surface area contributed by atoms with E-state index in [-0.39, 0.29) is 12.5 Å². The Bertz CT molecular complexity index is 788. The van der Waals surface area contributed by atoms with Crippen LogP contribution >= 0.6 is 11.3 Å². The fourth-order valence-electron chi connectivity index (χ4n) is 3.04. The number of hydrogen-bond acceptors (Lipinski definition) is 6. The van der Waals surface area contributed by atoms with Gasteiger partial charge in [-0.25, -0.2) is 9.78 Å². The third kappa shape index (κ3) is 5.53. The lowest BCUT2D eigenvalue weighted by Gasteiger charge is -2.30. The quantitative estimate of drug-likeness (QED) is 0.709. The number of piperidine rings is 1. The van der Waals surface area contributed by atoms with Gasteiger partial charge in [-0.2, -0.15) is 0 Å². The Morgan fingerprint density at radius 3 is 2.74 bits per heavy atom. The molecule has 7 heteroatoms. The molecule has 1 amide bonds. The van der Waals surface area contributed by atoms with Crippen molar-refractivity contribution in [3.8, 4) is 5.75 Å². The van der Waals surface area contributed by atoms with E-state index in [1.165, 1.54) is 0 Å². The summed E-state index contributed by atoms with van der Waals surface area (Å²) in [7, 11) is 0. The Hall–Kier alpha value is -2.41. The van der Waals surface area contributed by atoms with Crippen LogP contribution in [0.1, 0.15) is 40.8 Å². The van der Waals surface area contributed by atoms with Crippen molar-refractivity contribution in [3.05, 3.63) is 45.9 Å². The molecule has 1 fully saturated rings. The van der Waals surface area contributed by atoms with E-state index < -0.39 is 5.97 Å². The SMILES string of the molecule is Cc1nc(COc2ccc(C(=O)OCC(=O)N3CCCC(C)C3)cc2)cs1. The Morgan fingerprint density at radius 1 is 1.30 bits per heavy atom. The van der Waals surface area contributed by atoms with Crippen LogP contribution in [0.15, 0.2) is 29.6 Å². The Kier molecular flexibility index (Phi) is 6.45. The topological polar surface area (TPSA) is 68.7 Å². The van der Waals surface area contributed by atoms with Crippen molar-refractivity contribution in [3.63, 3.8) is 0 Å². The van der Waals surface area contributed by atoms with Crippen molar-refractivity contribution in [2.75, 3.05) is 19.7 Å². The lowest BCUT2D eigenvalue weighted by Crippen LogP contribution is -2.41. The van der Waals surface area contributed by atoms with E-state index >= 15 is 0 Å². The molecule has 1 saturated heterocycles. The molecule has 0 aliphatic carbocycles. The molecule has 1 unspecified atom stereocenters. The number of amides is 1. The summed E-state index contributed by atoms with van der Waals surface area (Å²) in [6, 6.07) is 6.70. The van der Waals surface area contributed by atoms with Gasteiger partial charge in [-0.1, -0.05) is 6.92 Å². The number of thiazole rings is 1. The van der Waals surface area contributed by atoms with E-state index in [9.17, 15) is 9.59 Å². The molecule has 27 heavy (non-hydrogen) atoms. The van der Waals surface area contributed by atoms with E-state index in [1.807, 2.05) is 12.3 Å². The molecule has 6 nitrogen and oxygen atoms in total. The van der Waals surface area contributed by atoms with E-state index in [2.05, 4.69) is 11.9 Å². The summed E-state index contributed by atoms with van der Waals surface area (Å²) < 4.78 is 10.8. The minimum Gasteiger partial charge on any atom is -0.487 e. The molecule has 1 aliphatic heterocycles. The molecule has 0 bridgehead atoms. The van der Waals surface area contributed by atoms with Crippen LogP contribution in [0.5, 0.6) is 5.75 Å². The monoisotopic (exact) mass is 388 g/mol. The van der Waals surface area contributed by atoms with Gasteiger partial charge in [-0.15, -0.1) is 11.3 Å². The number of esters is 1. The first-order valence-corrected chi connectivity index (χ1v) is 9.98. The molecule has 1 atom stereocenters. The summed E-state index contributed by atoms with van der Waals surface area (Å²) in [6.45, 7) is 5.73. The van der Waals surface area contributed by atoms with Crippen molar-refractivity contribution < 1.29 is 19.1 Å². The standard InChI is InChI=1S/C20H24N2O4S/c1-14-4-3-9-22(10-14)19(23)12-26-20(24)16-5-7-18(8-6-16)25-11-17-13-27-15(2)21-17/h5-8,13-14H,3-4,9-12H2,1-2H3. The number of aryl methyl sites for hydroxylation is 1. The van der Waals surface area contributed by atoms with Gasteiger partial charge in [0.25, 0.3) is 5.91 Å². The van der Waals surface area contributed by atoms with Crippen LogP contribution in [0.3, 0.4) is 0 Å². The van der Waals surface area contributed by atoms with Gasteiger partial charge < -0.3 is 14.4 Å². The predicted molar refractivity (Wildman–Crippen MR) is 103 cm³/mol. The second-order valence-corrected chi connectivity index (χ2v) is 7.90. The van der Waals surface area contributed by atoms with E-state index in [0.717, 1.165) is 36.6 Å². The van der Waals surface area contributed by atoms with Crippen LogP contribution < -0.4 is 4.74 Å². The maximum atomic E-state index is 12.2. The molecule has 0 N–H and O–H groups in total. The van der Waals surface area contributed by atoms with Crippen LogP contribution in [-0.2, 0) is 16.1 Å². The smallest absolute Gasteiger partial charge is 0.338 e. The largest absolute Gasteiger partial charge is 0.487 e. The minimum atomic E-state index is -0.505. The van der Waals surface area contributed by atoms with Crippen LogP contribution in [0, 0.1) is 12.8 Å². The van der Waals surface area contributed by atoms with Crippen LogP contribution in [0.25, 0.3) is 0 Å². The van der Waals surface area contributed by atoms with Crippen molar-refractivity contribution in [1.29, 1.82) is 0 Å². The molecular formula is C20H24N2O4S. The first kappa shape index (κ1) is 19.4. The third-order valence-electron chi connectivity index (χ3n) is 4.48. The molecular weight excluding hydrogens is 364 g/mol. The van der Waals surface area contributed by atoms with Crippen molar-refractivity contribution in [2.45, 2.75) is 33.3 Å². The summed E-state index contributed by atoms with van der Waals surface area (Å²) in [6.07, 6.45) is 2.14. The lowest BCUT2D eigenvalue weighted by atomic mass is 10.0. The van der Waals surface area contributed by atoms with Crippen LogP contribution in [0.2, 0.25) is 0 Å². The normalized spacial score (nSPS) is 16.8. The van der Waals surface area contributed by atoms with Gasteiger partial charge >= 0.3 is 5.97 Å². The predicted octanol–water partition coefficient (Wildman–Crippen LogP) is 3.45. The number of ether oxygens (including phenoxy) is 2. The molecule has 0 radical (unpaired) electrons. The highest BCUT2D eigenvalue weighted by atomic mass is 32.1. The number of benzene rings is 1. The van der Waals surface area contributed by atoms with Gasteiger partial charge in [0.2, 0.25) is 0 Å². The zero-order valence-electron chi connectivity index (χ0n) is 15.6. The number of carbonyl (C=O) groups is 2. The third-order valence-corrected chi connectivity index (χ3v) is 5.30. The van der Waals surface area contributed by atoms with E-state index in [0.29, 0.717) is 23.8 Å². The molecule has 1 aromatic heterocycles. The second kappa shape index (κ2) is 8.99. The summed E-state index contributed by atoms with van der Waals surface area (Å²) in [4.78, 5) is 30.4. The zero-order chi connectivity index (χ0) is 19.2. The maximum Gasteiger partial charge on any atom is 0.338 e. The molecule has 0 saturated carbocycles. The van der Waals surface area contributed by atoms with Gasteiger partial charge in [-0.05, 0) is 49.9 Å². The average Bonchev–Trinajstić information content (AvgIpc) is 3.10. The first-order valence-electron chi connectivity index (χ1n) is 9.10. The van der Waals surface area contributed by atoms with Crippen molar-refractivity contribution in [1.82, 2.24) is 9.88 Å². The van der Waals surface area contributed by atoms with Crippen LogP contribution in [0.4, 0.5) is 0 Å². The summed E-state index contributed by atoms with van der Waals surface area (Å²) in [5.41, 5.74) is 1.28. The van der Waals surface area contributed by atoms with Crippen molar-refractivity contribution in [2.24, 2.45) is 5.92 Å². The fourth-order valence-corrected chi connectivity index (χ4v) is 3.63. The number of hydrogen-bond donors (Lipinski definition) is 0. The number of rotatable bonds is 6. The number of aromatic nitrogens is 1. The zero-order valence-corrected chi connectivity index (χ0v) is 16.5. The summed E-state index contributed by atoms with van der Waals surface area (Å²) >= 11 is 1.58. The molecule has 2 heterocycles. The molecule has 1 aliphatic rings. The Morgan fingerprint density at radius 2 is 2.07 bits per heavy atom. The minimum absolute atomic E-state index is 0.131. The van der Waals surface area contributed by atoms with Gasteiger partial charge in [0.15, 0.2) is 6.61 Å². The highest BCUT2D eigenvalue weighted by molar-refractivity contribution is 7.09. The average molecular weight is 388 g/mol. The lowest BCUT2D eigenvalue weighted by molar-refractivity contribution is -0.136. The van der Waals surface area contributed by atoms with Gasteiger partial charge in [0, 0.05) is 18.5 Å². The molecule has 144 valence electrons. The maximum absolute atomic E-state index is 12.2.